The molecule has 0 aliphatic carbocycles. The fourth-order valence-corrected chi connectivity index (χ4v) is 2.19. The van der Waals surface area contributed by atoms with Gasteiger partial charge in [-0.25, -0.2) is 0 Å². The Morgan fingerprint density at radius 2 is 2.09 bits per heavy atom. The van der Waals surface area contributed by atoms with E-state index in [1.165, 1.54) is 5.56 Å². The van der Waals surface area contributed by atoms with Crippen LogP contribution in [-0.2, 0) is 6.54 Å². The zero-order valence-electron chi connectivity index (χ0n) is 12.2. The Hall–Kier alpha value is -2.88. The predicted molar refractivity (Wildman–Crippen MR) is 84.3 cm³/mol. The summed E-state index contributed by atoms with van der Waals surface area (Å²) in [4.78, 5) is 16.4. The average molecular weight is 292 g/mol. The molecule has 3 aromatic rings. The summed E-state index contributed by atoms with van der Waals surface area (Å²) in [6.45, 7) is 2.41. The minimum Gasteiger partial charge on any atom is -0.467 e. The Balaban J connectivity index is 1.69. The molecule has 2 heterocycles. The number of amides is 1. The normalized spacial score (nSPS) is 10.4. The number of pyridine rings is 1. The largest absolute Gasteiger partial charge is 0.467 e. The molecule has 0 saturated carbocycles. The van der Waals surface area contributed by atoms with E-state index < -0.39 is 0 Å². The number of nitrogens with one attached hydrogen (secondary N) is 1. The van der Waals surface area contributed by atoms with Crippen molar-refractivity contribution < 1.29 is 9.21 Å². The topological polar surface area (TPSA) is 55.1 Å². The van der Waals surface area contributed by atoms with Crippen LogP contribution in [0.2, 0.25) is 0 Å². The molecule has 0 fully saturated rings. The Morgan fingerprint density at radius 1 is 1.18 bits per heavy atom. The number of furan rings is 1. The first kappa shape index (κ1) is 14.1. The maximum absolute atomic E-state index is 12.0. The molecule has 0 atom stereocenters. The molecule has 0 bridgehead atoms. The molecule has 0 spiro atoms. The standard InChI is InChI=1S/C18H16N2O2/c1-13-4-2-5-14(10-13)17-8-7-15(11-19-17)18(21)20-12-16-6-3-9-22-16/h2-11H,12H2,1H3,(H,20,21). The van der Waals surface area contributed by atoms with E-state index in [-0.39, 0.29) is 5.91 Å². The van der Waals surface area contributed by atoms with Gasteiger partial charge in [-0.1, -0.05) is 23.8 Å². The molecule has 0 saturated heterocycles. The van der Waals surface area contributed by atoms with Crippen LogP contribution in [0.15, 0.2) is 65.4 Å². The van der Waals surface area contributed by atoms with Crippen molar-refractivity contribution in [3.05, 3.63) is 77.9 Å². The van der Waals surface area contributed by atoms with Crippen molar-refractivity contribution >= 4 is 5.91 Å². The van der Waals surface area contributed by atoms with Gasteiger partial charge in [-0.2, -0.15) is 0 Å². The minimum atomic E-state index is -0.167. The molecule has 110 valence electrons. The van der Waals surface area contributed by atoms with Crippen LogP contribution in [0, 0.1) is 6.92 Å². The lowest BCUT2D eigenvalue weighted by Crippen LogP contribution is -2.22. The summed E-state index contributed by atoms with van der Waals surface area (Å²) in [5.41, 5.74) is 3.61. The third-order valence-corrected chi connectivity index (χ3v) is 3.34. The zero-order valence-corrected chi connectivity index (χ0v) is 12.2. The first-order valence-electron chi connectivity index (χ1n) is 7.06. The van der Waals surface area contributed by atoms with Crippen LogP contribution in [0.5, 0.6) is 0 Å². The Labute approximate surface area is 128 Å². The Morgan fingerprint density at radius 3 is 2.77 bits per heavy atom. The summed E-state index contributed by atoms with van der Waals surface area (Å²) in [6.07, 6.45) is 3.18. The highest BCUT2D eigenvalue weighted by atomic mass is 16.3. The number of nitrogens with zero attached hydrogens (tertiary/aromatic N) is 1. The minimum absolute atomic E-state index is 0.167. The first-order chi connectivity index (χ1) is 10.7. The van der Waals surface area contributed by atoms with Gasteiger partial charge >= 0.3 is 0 Å². The molecule has 22 heavy (non-hydrogen) atoms. The monoisotopic (exact) mass is 292 g/mol. The maximum atomic E-state index is 12.0. The van der Waals surface area contributed by atoms with Crippen molar-refractivity contribution in [3.8, 4) is 11.3 Å². The van der Waals surface area contributed by atoms with Crippen LogP contribution in [0.4, 0.5) is 0 Å². The van der Waals surface area contributed by atoms with Gasteiger partial charge in [0.2, 0.25) is 0 Å². The Kier molecular flexibility index (Phi) is 4.01. The fourth-order valence-electron chi connectivity index (χ4n) is 2.19. The first-order valence-corrected chi connectivity index (χ1v) is 7.06. The molecule has 0 unspecified atom stereocenters. The third-order valence-electron chi connectivity index (χ3n) is 3.34. The van der Waals surface area contributed by atoms with Crippen LogP contribution in [-0.4, -0.2) is 10.9 Å². The van der Waals surface area contributed by atoms with Crippen molar-refractivity contribution in [1.29, 1.82) is 0 Å². The number of carbonyl (C=O) groups excluding carboxylic acids is 1. The number of carbonyl (C=O) groups is 1. The molecule has 4 heteroatoms. The molecule has 0 radical (unpaired) electrons. The highest BCUT2D eigenvalue weighted by Gasteiger charge is 2.07. The zero-order chi connectivity index (χ0) is 15.4. The molecular formula is C18H16N2O2. The van der Waals surface area contributed by atoms with E-state index in [0.717, 1.165) is 17.0 Å². The van der Waals surface area contributed by atoms with Crippen LogP contribution in [0.25, 0.3) is 11.3 Å². The highest BCUT2D eigenvalue weighted by Crippen LogP contribution is 2.18. The lowest BCUT2D eigenvalue weighted by Gasteiger charge is -2.05. The number of aromatic nitrogens is 1. The second kappa shape index (κ2) is 6.26. The van der Waals surface area contributed by atoms with Crippen molar-refractivity contribution in [2.45, 2.75) is 13.5 Å². The SMILES string of the molecule is Cc1cccc(-c2ccc(C(=O)NCc3ccco3)cn2)c1. The number of hydrogen-bond donors (Lipinski definition) is 1. The lowest BCUT2D eigenvalue weighted by molar-refractivity contribution is 0.0947. The third kappa shape index (κ3) is 3.23. The Bertz CT molecular complexity index is 762. The van der Waals surface area contributed by atoms with E-state index in [2.05, 4.69) is 16.4 Å². The summed E-state index contributed by atoms with van der Waals surface area (Å²) in [5, 5.41) is 2.80. The predicted octanol–water partition coefficient (Wildman–Crippen LogP) is 3.58. The number of aryl methyl sites for hydroxylation is 1. The number of hydrogen-bond acceptors (Lipinski definition) is 3. The van der Waals surface area contributed by atoms with E-state index in [0.29, 0.717) is 12.1 Å². The lowest BCUT2D eigenvalue weighted by atomic mass is 10.1. The fraction of sp³-hybridized carbons (Fsp3) is 0.111. The molecule has 1 N–H and O–H groups in total. The summed E-state index contributed by atoms with van der Waals surface area (Å²) >= 11 is 0. The second-order valence-corrected chi connectivity index (χ2v) is 5.06. The van der Waals surface area contributed by atoms with E-state index in [1.54, 1.807) is 24.6 Å². The van der Waals surface area contributed by atoms with Gasteiger partial charge < -0.3 is 9.73 Å². The van der Waals surface area contributed by atoms with Gasteiger partial charge in [0, 0.05) is 11.8 Å². The molecule has 4 nitrogen and oxygen atoms in total. The van der Waals surface area contributed by atoms with Gasteiger partial charge in [0.05, 0.1) is 24.1 Å². The number of rotatable bonds is 4. The van der Waals surface area contributed by atoms with Gasteiger partial charge in [0.1, 0.15) is 5.76 Å². The number of benzene rings is 1. The highest BCUT2D eigenvalue weighted by molar-refractivity contribution is 5.94. The molecule has 1 amide bonds. The summed E-state index contributed by atoms with van der Waals surface area (Å²) in [5.74, 6) is 0.553. The van der Waals surface area contributed by atoms with Crippen molar-refractivity contribution in [3.63, 3.8) is 0 Å². The van der Waals surface area contributed by atoms with Crippen LogP contribution in [0.3, 0.4) is 0 Å². The van der Waals surface area contributed by atoms with Crippen molar-refractivity contribution in [1.82, 2.24) is 10.3 Å². The van der Waals surface area contributed by atoms with Crippen LogP contribution in [0.1, 0.15) is 21.7 Å². The van der Waals surface area contributed by atoms with Gasteiger partial charge in [-0.3, -0.25) is 9.78 Å². The van der Waals surface area contributed by atoms with Crippen molar-refractivity contribution in [2.75, 3.05) is 0 Å². The summed E-state index contributed by atoms with van der Waals surface area (Å²) < 4.78 is 5.18. The van der Waals surface area contributed by atoms with Gasteiger partial charge in [0.15, 0.2) is 0 Å². The smallest absolute Gasteiger partial charge is 0.253 e. The summed E-state index contributed by atoms with van der Waals surface area (Å²) in [6, 6.07) is 15.4. The van der Waals surface area contributed by atoms with Crippen LogP contribution >= 0.6 is 0 Å². The molecule has 1 aromatic carbocycles. The molecule has 0 aliphatic rings. The molecule has 3 rings (SSSR count). The van der Waals surface area contributed by atoms with E-state index in [9.17, 15) is 4.79 Å². The van der Waals surface area contributed by atoms with E-state index in [1.807, 2.05) is 37.3 Å². The van der Waals surface area contributed by atoms with Gasteiger partial charge in [0.25, 0.3) is 5.91 Å². The molecule has 2 aromatic heterocycles. The quantitative estimate of drug-likeness (QED) is 0.799. The summed E-state index contributed by atoms with van der Waals surface area (Å²) in [7, 11) is 0. The maximum Gasteiger partial charge on any atom is 0.253 e. The second-order valence-electron chi connectivity index (χ2n) is 5.06. The van der Waals surface area contributed by atoms with Gasteiger partial charge in [-0.15, -0.1) is 0 Å². The van der Waals surface area contributed by atoms with Crippen molar-refractivity contribution in [2.24, 2.45) is 0 Å². The average Bonchev–Trinajstić information content (AvgIpc) is 3.06. The van der Waals surface area contributed by atoms with Gasteiger partial charge in [-0.05, 0) is 37.3 Å². The molecule has 0 aliphatic heterocycles. The van der Waals surface area contributed by atoms with E-state index >= 15 is 0 Å². The van der Waals surface area contributed by atoms with E-state index in [4.69, 9.17) is 4.42 Å². The van der Waals surface area contributed by atoms with Crippen LogP contribution < -0.4 is 5.32 Å². The molecular weight excluding hydrogens is 276 g/mol.